The number of carbonyl (C=O) groups excluding carboxylic acids is 1. The predicted octanol–water partition coefficient (Wildman–Crippen LogP) is 5.01. The van der Waals surface area contributed by atoms with Gasteiger partial charge < -0.3 is 5.32 Å². The Morgan fingerprint density at radius 1 is 1.06 bits per heavy atom. The Balaban J connectivity index is 1.44. The molecule has 2 aromatic carbocycles. The van der Waals surface area contributed by atoms with Crippen molar-refractivity contribution in [3.05, 3.63) is 99.6 Å². The van der Waals surface area contributed by atoms with Gasteiger partial charge in [0.25, 0.3) is 5.91 Å². The topological polar surface area (TPSA) is 64.7 Å². The van der Waals surface area contributed by atoms with Gasteiger partial charge in [-0.25, -0.2) is 0 Å². The van der Waals surface area contributed by atoms with Crippen molar-refractivity contribution in [2.24, 2.45) is 0 Å². The Hall–Kier alpha value is -3.38. The Kier molecular flexibility index (Phi) is 5.91. The van der Waals surface area contributed by atoms with Crippen molar-refractivity contribution in [3.63, 3.8) is 0 Å². The minimum absolute atomic E-state index is 0.177. The maximum Gasteiger partial charge on any atom is 0.255 e. The monoisotopic (exact) mass is 433 g/mol. The zero-order valence-electron chi connectivity index (χ0n) is 17.8. The number of carbonyl (C=O) groups is 1. The number of rotatable bonds is 6. The first-order chi connectivity index (χ1) is 14.9. The highest BCUT2D eigenvalue weighted by Crippen LogP contribution is 2.20. The van der Waals surface area contributed by atoms with Crippen LogP contribution in [0.2, 0.25) is 5.02 Å². The standard InChI is InChI=1S/C24H24ClN5O/c1-16-7-4-5-9-21(16)14-29-15-22(12-26-29)27-24(31)20-10-6-8-19(11-20)13-30-18(3)23(25)17(2)28-30/h4-12,15H,13-14H2,1-3H3,(H,27,31). The van der Waals surface area contributed by atoms with E-state index < -0.39 is 0 Å². The highest BCUT2D eigenvalue weighted by atomic mass is 35.5. The van der Waals surface area contributed by atoms with Crippen LogP contribution in [0.4, 0.5) is 5.69 Å². The minimum Gasteiger partial charge on any atom is -0.319 e. The quantitative estimate of drug-likeness (QED) is 0.465. The lowest BCUT2D eigenvalue weighted by molar-refractivity contribution is 0.102. The number of hydrogen-bond acceptors (Lipinski definition) is 3. The molecule has 31 heavy (non-hydrogen) atoms. The van der Waals surface area contributed by atoms with E-state index in [1.165, 1.54) is 11.1 Å². The summed E-state index contributed by atoms with van der Waals surface area (Å²) in [7, 11) is 0. The highest BCUT2D eigenvalue weighted by Gasteiger charge is 2.12. The SMILES string of the molecule is Cc1ccccc1Cn1cc(NC(=O)c2cccc(Cn3nc(C)c(Cl)c3C)c2)cn1. The van der Waals surface area contributed by atoms with Gasteiger partial charge in [0.1, 0.15) is 0 Å². The third-order valence-corrected chi connectivity index (χ3v) is 5.85. The van der Waals surface area contributed by atoms with Crippen LogP contribution in [0.3, 0.4) is 0 Å². The van der Waals surface area contributed by atoms with E-state index in [0.717, 1.165) is 17.0 Å². The minimum atomic E-state index is -0.177. The van der Waals surface area contributed by atoms with Gasteiger partial charge in [0.05, 0.1) is 41.4 Å². The molecule has 4 rings (SSSR count). The lowest BCUT2D eigenvalue weighted by atomic mass is 10.1. The van der Waals surface area contributed by atoms with E-state index in [2.05, 4.69) is 34.6 Å². The first kappa shape index (κ1) is 20.9. The van der Waals surface area contributed by atoms with Crippen molar-refractivity contribution in [2.45, 2.75) is 33.9 Å². The second-order valence-corrected chi connectivity index (χ2v) is 8.03. The van der Waals surface area contributed by atoms with Crippen molar-refractivity contribution >= 4 is 23.2 Å². The van der Waals surface area contributed by atoms with E-state index in [1.54, 1.807) is 12.3 Å². The van der Waals surface area contributed by atoms with E-state index in [4.69, 9.17) is 11.6 Å². The number of halogens is 1. The van der Waals surface area contributed by atoms with Crippen molar-refractivity contribution in [2.75, 3.05) is 5.32 Å². The average Bonchev–Trinajstić information content (AvgIpc) is 3.29. The van der Waals surface area contributed by atoms with E-state index in [9.17, 15) is 4.79 Å². The van der Waals surface area contributed by atoms with Gasteiger partial charge in [-0.1, -0.05) is 48.0 Å². The Bertz CT molecular complexity index is 1240. The van der Waals surface area contributed by atoms with Crippen LogP contribution in [0.15, 0.2) is 60.9 Å². The molecule has 0 aliphatic rings. The Labute approximate surface area is 186 Å². The molecule has 2 heterocycles. The zero-order valence-corrected chi connectivity index (χ0v) is 18.5. The molecule has 0 atom stereocenters. The summed E-state index contributed by atoms with van der Waals surface area (Å²) < 4.78 is 3.67. The smallest absolute Gasteiger partial charge is 0.255 e. The number of nitrogens with zero attached hydrogens (tertiary/aromatic N) is 4. The first-order valence-electron chi connectivity index (χ1n) is 10.1. The van der Waals surface area contributed by atoms with Crippen LogP contribution in [0, 0.1) is 20.8 Å². The third-order valence-electron chi connectivity index (χ3n) is 5.30. The summed E-state index contributed by atoms with van der Waals surface area (Å²) in [6, 6.07) is 15.7. The molecule has 0 spiro atoms. The van der Waals surface area contributed by atoms with Crippen molar-refractivity contribution in [1.29, 1.82) is 0 Å². The number of nitrogens with one attached hydrogen (secondary N) is 1. The Morgan fingerprint density at radius 2 is 1.87 bits per heavy atom. The van der Waals surface area contributed by atoms with Gasteiger partial charge in [0, 0.05) is 11.8 Å². The van der Waals surface area contributed by atoms with Gasteiger partial charge in [0.2, 0.25) is 0 Å². The molecule has 0 aliphatic heterocycles. The van der Waals surface area contributed by atoms with Crippen molar-refractivity contribution in [3.8, 4) is 0 Å². The molecule has 0 aliphatic carbocycles. The lowest BCUT2D eigenvalue weighted by Crippen LogP contribution is -2.12. The number of aryl methyl sites for hydroxylation is 2. The summed E-state index contributed by atoms with van der Waals surface area (Å²) in [6.45, 7) is 7.11. The molecule has 0 saturated carbocycles. The maximum absolute atomic E-state index is 12.8. The molecular weight excluding hydrogens is 410 g/mol. The molecule has 1 N–H and O–H groups in total. The lowest BCUT2D eigenvalue weighted by Gasteiger charge is -2.08. The summed E-state index contributed by atoms with van der Waals surface area (Å²) in [5, 5.41) is 12.4. The Morgan fingerprint density at radius 3 is 2.61 bits per heavy atom. The van der Waals surface area contributed by atoms with Crippen LogP contribution < -0.4 is 5.32 Å². The predicted molar refractivity (Wildman–Crippen MR) is 123 cm³/mol. The third kappa shape index (κ3) is 4.70. The van der Waals surface area contributed by atoms with Crippen LogP contribution in [-0.2, 0) is 13.1 Å². The van der Waals surface area contributed by atoms with E-state index in [-0.39, 0.29) is 5.91 Å². The zero-order chi connectivity index (χ0) is 22.0. The number of benzene rings is 2. The number of amides is 1. The van der Waals surface area contributed by atoms with Crippen molar-refractivity contribution in [1.82, 2.24) is 19.6 Å². The van der Waals surface area contributed by atoms with E-state index in [1.807, 2.05) is 59.7 Å². The highest BCUT2D eigenvalue weighted by molar-refractivity contribution is 6.31. The molecule has 4 aromatic rings. The fraction of sp³-hybridized carbons (Fsp3) is 0.208. The maximum atomic E-state index is 12.8. The molecule has 7 heteroatoms. The molecule has 0 fully saturated rings. The average molecular weight is 434 g/mol. The number of hydrogen-bond donors (Lipinski definition) is 1. The van der Waals surface area contributed by atoms with Gasteiger partial charge in [-0.2, -0.15) is 10.2 Å². The van der Waals surface area contributed by atoms with Crippen molar-refractivity contribution < 1.29 is 4.79 Å². The van der Waals surface area contributed by atoms with Crippen LogP contribution in [0.1, 0.15) is 38.4 Å². The van der Waals surface area contributed by atoms with Gasteiger partial charge >= 0.3 is 0 Å². The van der Waals surface area contributed by atoms with Crippen LogP contribution >= 0.6 is 11.6 Å². The first-order valence-corrected chi connectivity index (χ1v) is 10.5. The summed E-state index contributed by atoms with van der Waals surface area (Å²) in [5.74, 6) is -0.177. The molecule has 0 bridgehead atoms. The molecule has 0 unspecified atom stereocenters. The summed E-state index contributed by atoms with van der Waals surface area (Å²) >= 11 is 6.24. The fourth-order valence-corrected chi connectivity index (χ4v) is 3.63. The summed E-state index contributed by atoms with van der Waals surface area (Å²) in [6.07, 6.45) is 3.50. The summed E-state index contributed by atoms with van der Waals surface area (Å²) in [4.78, 5) is 12.8. The molecule has 2 aromatic heterocycles. The van der Waals surface area contributed by atoms with Crippen LogP contribution in [0.5, 0.6) is 0 Å². The van der Waals surface area contributed by atoms with Crippen LogP contribution in [-0.4, -0.2) is 25.5 Å². The molecule has 0 saturated heterocycles. The number of anilines is 1. The largest absolute Gasteiger partial charge is 0.319 e. The number of aromatic nitrogens is 4. The van der Waals surface area contributed by atoms with Gasteiger partial charge in [-0.15, -0.1) is 0 Å². The van der Waals surface area contributed by atoms with Gasteiger partial charge in [-0.3, -0.25) is 14.2 Å². The normalized spacial score (nSPS) is 11.0. The van der Waals surface area contributed by atoms with E-state index in [0.29, 0.717) is 29.4 Å². The molecule has 6 nitrogen and oxygen atoms in total. The summed E-state index contributed by atoms with van der Waals surface area (Å²) in [5.41, 5.74) is 6.34. The molecular formula is C24H24ClN5O. The van der Waals surface area contributed by atoms with E-state index >= 15 is 0 Å². The second kappa shape index (κ2) is 8.78. The van der Waals surface area contributed by atoms with Crippen LogP contribution in [0.25, 0.3) is 0 Å². The van der Waals surface area contributed by atoms with Gasteiger partial charge in [0.15, 0.2) is 0 Å². The molecule has 1 amide bonds. The molecule has 158 valence electrons. The fourth-order valence-electron chi connectivity index (χ4n) is 3.49. The molecule has 0 radical (unpaired) electrons. The second-order valence-electron chi connectivity index (χ2n) is 7.65. The van der Waals surface area contributed by atoms with Gasteiger partial charge in [-0.05, 0) is 49.6 Å².